The van der Waals surface area contributed by atoms with Gasteiger partial charge in [-0.05, 0) is 36.8 Å². The summed E-state index contributed by atoms with van der Waals surface area (Å²) in [7, 11) is 0. The van der Waals surface area contributed by atoms with Crippen molar-refractivity contribution < 1.29 is 9.21 Å². The number of anilines is 1. The fourth-order valence-electron chi connectivity index (χ4n) is 3.68. The average molecular weight is 438 g/mol. The lowest BCUT2D eigenvalue weighted by Gasteiger charge is -2.01. The summed E-state index contributed by atoms with van der Waals surface area (Å²) in [5.41, 5.74) is 15.5. The Balaban J connectivity index is 0.000000172. The Morgan fingerprint density at radius 1 is 1.15 bits per heavy atom. The highest BCUT2D eigenvalue weighted by atomic mass is 16.3. The number of hydrogen-bond acceptors (Lipinski definition) is 5. The Morgan fingerprint density at radius 2 is 1.94 bits per heavy atom. The van der Waals surface area contributed by atoms with Gasteiger partial charge < -0.3 is 15.9 Å². The highest BCUT2D eigenvalue weighted by Gasteiger charge is 2.16. The fourth-order valence-corrected chi connectivity index (χ4v) is 3.68. The number of amides is 1. The van der Waals surface area contributed by atoms with E-state index in [0.29, 0.717) is 5.65 Å². The number of nitrogens with zero attached hydrogens (tertiary/aromatic N) is 3. The summed E-state index contributed by atoms with van der Waals surface area (Å²) in [6.45, 7) is 3.98. The highest BCUT2D eigenvalue weighted by molar-refractivity contribution is 6.03. The molecule has 4 N–H and O–H groups in total. The van der Waals surface area contributed by atoms with Crippen molar-refractivity contribution in [2.45, 2.75) is 20.3 Å². The van der Waals surface area contributed by atoms with Crippen LogP contribution in [0, 0.1) is 11.8 Å². The number of aryl methyl sites for hydroxylation is 1. The van der Waals surface area contributed by atoms with Crippen LogP contribution in [-0.4, -0.2) is 20.5 Å². The van der Waals surface area contributed by atoms with Crippen LogP contribution in [0.2, 0.25) is 0 Å². The zero-order valence-corrected chi connectivity index (χ0v) is 18.4. The van der Waals surface area contributed by atoms with Gasteiger partial charge in [0.25, 0.3) is 5.91 Å². The van der Waals surface area contributed by atoms with Gasteiger partial charge in [-0.25, -0.2) is 9.50 Å². The van der Waals surface area contributed by atoms with Gasteiger partial charge in [0.05, 0.1) is 0 Å². The van der Waals surface area contributed by atoms with E-state index < -0.39 is 5.91 Å². The lowest BCUT2D eigenvalue weighted by atomic mass is 10.00. The Labute approximate surface area is 191 Å². The molecular formula is C26H23N5O2. The zero-order chi connectivity index (χ0) is 23.4. The van der Waals surface area contributed by atoms with Crippen LogP contribution in [0.3, 0.4) is 0 Å². The van der Waals surface area contributed by atoms with Gasteiger partial charge in [0.1, 0.15) is 16.9 Å². The molecule has 0 aliphatic rings. The molecule has 0 saturated heterocycles. The summed E-state index contributed by atoms with van der Waals surface area (Å²) in [5.74, 6) is 6.58. The number of carbonyl (C=O) groups excluding carboxylic acids is 1. The van der Waals surface area contributed by atoms with Gasteiger partial charge in [-0.3, -0.25) is 4.79 Å². The highest BCUT2D eigenvalue weighted by Crippen LogP contribution is 2.35. The predicted octanol–water partition coefficient (Wildman–Crippen LogP) is 4.44. The summed E-state index contributed by atoms with van der Waals surface area (Å²) in [6, 6.07) is 18.2. The first-order chi connectivity index (χ1) is 16.0. The Kier molecular flexibility index (Phi) is 6.09. The van der Waals surface area contributed by atoms with E-state index in [-0.39, 0.29) is 11.4 Å². The van der Waals surface area contributed by atoms with Crippen molar-refractivity contribution in [1.29, 1.82) is 0 Å². The third-order valence-corrected chi connectivity index (χ3v) is 5.08. The fraction of sp³-hybridized carbons (Fsp3) is 0.115. The smallest absolute Gasteiger partial charge is 0.256 e. The minimum absolute atomic E-state index is 0.103. The molecular weight excluding hydrogens is 414 g/mol. The molecule has 0 radical (unpaired) electrons. The lowest BCUT2D eigenvalue weighted by molar-refractivity contribution is 0.100. The van der Waals surface area contributed by atoms with E-state index in [1.54, 1.807) is 18.5 Å². The molecule has 0 fully saturated rings. The maximum Gasteiger partial charge on any atom is 0.256 e. The van der Waals surface area contributed by atoms with Gasteiger partial charge in [-0.15, -0.1) is 11.0 Å². The normalized spacial score (nSPS) is 10.4. The molecule has 0 atom stereocenters. The monoisotopic (exact) mass is 437 g/mol. The zero-order valence-electron chi connectivity index (χ0n) is 18.4. The van der Waals surface area contributed by atoms with E-state index in [0.717, 1.165) is 28.7 Å². The summed E-state index contributed by atoms with van der Waals surface area (Å²) < 4.78 is 7.40. The van der Waals surface area contributed by atoms with Crippen molar-refractivity contribution in [3.05, 3.63) is 83.9 Å². The van der Waals surface area contributed by atoms with Crippen LogP contribution < -0.4 is 11.5 Å². The minimum atomic E-state index is -0.619. The molecule has 3 aromatic heterocycles. The van der Waals surface area contributed by atoms with Crippen molar-refractivity contribution in [2.75, 3.05) is 5.73 Å². The van der Waals surface area contributed by atoms with E-state index in [1.165, 1.54) is 15.6 Å². The number of carbonyl (C=O) groups is 1. The quantitative estimate of drug-likeness (QED) is 0.405. The van der Waals surface area contributed by atoms with Gasteiger partial charge in [-0.2, -0.15) is 0 Å². The first kappa shape index (κ1) is 21.7. The number of hydrogen-bond donors (Lipinski definition) is 2. The third kappa shape index (κ3) is 4.27. The third-order valence-electron chi connectivity index (χ3n) is 5.08. The summed E-state index contributed by atoms with van der Waals surface area (Å²) >= 11 is 0. The van der Waals surface area contributed by atoms with Crippen molar-refractivity contribution in [2.24, 2.45) is 5.73 Å². The molecule has 33 heavy (non-hydrogen) atoms. The summed E-state index contributed by atoms with van der Waals surface area (Å²) in [6.07, 6.45) is 4.07. The Morgan fingerprint density at radius 3 is 2.64 bits per heavy atom. The SMILES string of the molecule is CC#Cc1ccc2oc(CC)c(-c3ccccc3)c2c1.NC(=O)c1c(N)nn2cccnc12. The van der Waals surface area contributed by atoms with Crippen LogP contribution in [0.5, 0.6) is 0 Å². The molecule has 0 spiro atoms. The standard InChI is InChI=1S/C19H16O.C7H7N5O/c1-3-8-14-11-12-18-16(13-14)19(17(4-2)20-18)15-9-6-5-7-10-15;8-5-4(6(9)13)7-10-2-1-3-12(7)11-5/h5-7,9-13H,4H2,1-2H3;1-3H,(H2,8,11)(H2,9,13). The van der Waals surface area contributed by atoms with E-state index in [9.17, 15) is 4.79 Å². The number of aromatic nitrogens is 3. The van der Waals surface area contributed by atoms with E-state index in [1.807, 2.05) is 25.1 Å². The molecule has 5 aromatic rings. The molecule has 2 aromatic carbocycles. The van der Waals surface area contributed by atoms with Gasteiger partial charge in [-0.1, -0.05) is 43.2 Å². The average Bonchev–Trinajstić information content (AvgIpc) is 3.36. The first-order valence-corrected chi connectivity index (χ1v) is 10.5. The topological polar surface area (TPSA) is 112 Å². The maximum atomic E-state index is 10.9. The van der Waals surface area contributed by atoms with Crippen molar-refractivity contribution in [1.82, 2.24) is 14.6 Å². The molecule has 0 saturated carbocycles. The second-order valence-corrected chi connectivity index (χ2v) is 7.22. The molecule has 5 rings (SSSR count). The predicted molar refractivity (Wildman–Crippen MR) is 129 cm³/mol. The molecule has 0 bridgehead atoms. The van der Waals surface area contributed by atoms with Crippen LogP contribution >= 0.6 is 0 Å². The van der Waals surface area contributed by atoms with Crippen LogP contribution in [-0.2, 0) is 6.42 Å². The number of nitrogen functional groups attached to an aromatic ring is 1. The molecule has 0 aliphatic heterocycles. The number of fused-ring (bicyclic) bond motifs is 2. The number of benzene rings is 2. The van der Waals surface area contributed by atoms with E-state index >= 15 is 0 Å². The maximum absolute atomic E-state index is 10.9. The van der Waals surface area contributed by atoms with Crippen LogP contribution in [0.15, 0.2) is 71.4 Å². The second-order valence-electron chi connectivity index (χ2n) is 7.22. The van der Waals surface area contributed by atoms with Crippen LogP contribution in [0.25, 0.3) is 27.7 Å². The van der Waals surface area contributed by atoms with Crippen LogP contribution in [0.4, 0.5) is 5.82 Å². The van der Waals surface area contributed by atoms with Crippen molar-refractivity contribution >= 4 is 28.3 Å². The number of primary amides is 1. The minimum Gasteiger partial charge on any atom is -0.460 e. The molecule has 164 valence electrons. The van der Waals surface area contributed by atoms with Gasteiger partial charge in [0, 0.05) is 35.3 Å². The molecule has 7 heteroatoms. The summed E-state index contributed by atoms with van der Waals surface area (Å²) in [5, 5.41) is 5.01. The van der Waals surface area contributed by atoms with E-state index in [2.05, 4.69) is 59.2 Å². The molecule has 3 heterocycles. The summed E-state index contributed by atoms with van der Waals surface area (Å²) in [4.78, 5) is 14.9. The molecule has 7 nitrogen and oxygen atoms in total. The lowest BCUT2D eigenvalue weighted by Crippen LogP contribution is -2.12. The van der Waals surface area contributed by atoms with Gasteiger partial charge >= 0.3 is 0 Å². The molecule has 0 aliphatic carbocycles. The number of nitrogens with two attached hydrogens (primary N) is 2. The number of rotatable bonds is 3. The Bertz CT molecular complexity index is 1500. The molecule has 0 unspecified atom stereocenters. The Hall–Kier alpha value is -4.57. The van der Waals surface area contributed by atoms with Gasteiger partial charge in [0.15, 0.2) is 11.5 Å². The first-order valence-electron chi connectivity index (χ1n) is 10.5. The molecule has 1 amide bonds. The van der Waals surface area contributed by atoms with Crippen molar-refractivity contribution in [3.8, 4) is 23.0 Å². The van der Waals surface area contributed by atoms with Crippen LogP contribution in [0.1, 0.15) is 35.5 Å². The van der Waals surface area contributed by atoms with Crippen molar-refractivity contribution in [3.63, 3.8) is 0 Å². The number of furan rings is 1. The largest absolute Gasteiger partial charge is 0.460 e. The van der Waals surface area contributed by atoms with E-state index in [4.69, 9.17) is 15.9 Å². The van der Waals surface area contributed by atoms with Gasteiger partial charge in [0.2, 0.25) is 0 Å². The second kappa shape index (κ2) is 9.28.